The normalized spacial score (nSPS) is 16.0. The third-order valence-electron chi connectivity index (χ3n) is 3.70. The number of hydrogen-bond acceptors (Lipinski definition) is 3. The predicted octanol–water partition coefficient (Wildman–Crippen LogP) is 2.28. The molecule has 2 rings (SSSR count). The van der Waals surface area contributed by atoms with Crippen molar-refractivity contribution in [2.45, 2.75) is 44.3 Å². The van der Waals surface area contributed by atoms with Crippen LogP contribution in [-0.2, 0) is 11.0 Å². The highest BCUT2D eigenvalue weighted by Gasteiger charge is 2.30. The maximum absolute atomic E-state index is 12.4. The smallest absolute Gasteiger partial charge is 0.352 e. The third kappa shape index (κ3) is 5.22. The number of nitrogens with zero attached hydrogens (tertiary/aromatic N) is 1. The molecule has 0 unspecified atom stereocenters. The second-order valence-corrected chi connectivity index (χ2v) is 5.51. The Kier molecular flexibility index (Phi) is 5.57. The van der Waals surface area contributed by atoms with E-state index >= 15 is 0 Å². The Balaban J connectivity index is 1.81. The maximum atomic E-state index is 12.4. The second-order valence-electron chi connectivity index (χ2n) is 5.51. The minimum atomic E-state index is -4.50. The van der Waals surface area contributed by atoms with E-state index in [4.69, 9.17) is 0 Å². The number of rotatable bonds is 4. The molecular weight excluding hydrogens is 311 g/mol. The fraction of sp³-hybridized carbons (Fsp3) is 0.533. The molecule has 23 heavy (non-hydrogen) atoms. The lowest BCUT2D eigenvalue weighted by Crippen LogP contribution is -2.42. The number of hydrogen-bond donors (Lipinski definition) is 2. The Labute approximate surface area is 131 Å². The first-order valence-corrected chi connectivity index (χ1v) is 7.47. The lowest BCUT2D eigenvalue weighted by Gasteiger charge is -2.22. The van der Waals surface area contributed by atoms with Gasteiger partial charge in [-0.2, -0.15) is 13.2 Å². The Morgan fingerprint density at radius 1 is 1.17 bits per heavy atom. The summed E-state index contributed by atoms with van der Waals surface area (Å²) in [6.07, 6.45) is 1.28. The second kappa shape index (κ2) is 7.43. The SMILES string of the molecule is O=C(CNC(=O)c1ccc(C(F)(F)F)cn1)NC1CCCCC1. The van der Waals surface area contributed by atoms with Crippen LogP contribution < -0.4 is 10.6 Å². The zero-order chi connectivity index (χ0) is 16.9. The predicted molar refractivity (Wildman–Crippen MR) is 76.6 cm³/mol. The van der Waals surface area contributed by atoms with Gasteiger partial charge in [-0.3, -0.25) is 14.6 Å². The molecule has 126 valence electrons. The molecule has 8 heteroatoms. The lowest BCUT2D eigenvalue weighted by atomic mass is 9.95. The first-order chi connectivity index (χ1) is 10.9. The number of aromatic nitrogens is 1. The van der Waals surface area contributed by atoms with E-state index in [0.29, 0.717) is 6.20 Å². The molecule has 1 fully saturated rings. The van der Waals surface area contributed by atoms with Crippen LogP contribution in [-0.4, -0.2) is 29.4 Å². The fourth-order valence-electron chi connectivity index (χ4n) is 2.47. The number of halogens is 3. The van der Waals surface area contributed by atoms with E-state index in [1.807, 2.05) is 0 Å². The number of amides is 2. The first-order valence-electron chi connectivity index (χ1n) is 7.47. The highest BCUT2D eigenvalue weighted by molar-refractivity contribution is 5.94. The van der Waals surface area contributed by atoms with Crippen molar-refractivity contribution in [3.05, 3.63) is 29.6 Å². The Hall–Kier alpha value is -2.12. The van der Waals surface area contributed by atoms with Crippen LogP contribution in [0.1, 0.15) is 48.2 Å². The lowest BCUT2D eigenvalue weighted by molar-refractivity contribution is -0.137. The molecule has 1 aliphatic carbocycles. The van der Waals surface area contributed by atoms with Crippen LogP contribution in [0.2, 0.25) is 0 Å². The zero-order valence-corrected chi connectivity index (χ0v) is 12.4. The van der Waals surface area contributed by atoms with Crippen molar-refractivity contribution in [3.63, 3.8) is 0 Å². The van der Waals surface area contributed by atoms with Crippen LogP contribution >= 0.6 is 0 Å². The Bertz CT molecular complexity index is 552. The van der Waals surface area contributed by atoms with Gasteiger partial charge in [-0.15, -0.1) is 0 Å². The fourth-order valence-corrected chi connectivity index (χ4v) is 2.47. The van der Waals surface area contributed by atoms with Gasteiger partial charge in [0, 0.05) is 12.2 Å². The summed E-state index contributed by atoms with van der Waals surface area (Å²) in [5.74, 6) is -0.991. The number of pyridine rings is 1. The quantitative estimate of drug-likeness (QED) is 0.890. The van der Waals surface area contributed by atoms with Crippen LogP contribution in [0, 0.1) is 0 Å². The number of alkyl halides is 3. The average molecular weight is 329 g/mol. The summed E-state index contributed by atoms with van der Waals surface area (Å²) in [6, 6.07) is 1.90. The van der Waals surface area contributed by atoms with Gasteiger partial charge in [-0.05, 0) is 25.0 Å². The molecule has 5 nitrogen and oxygen atoms in total. The van der Waals surface area contributed by atoms with Crippen molar-refractivity contribution in [2.24, 2.45) is 0 Å². The Morgan fingerprint density at radius 3 is 2.43 bits per heavy atom. The topological polar surface area (TPSA) is 71.1 Å². The molecule has 1 aromatic rings. The Morgan fingerprint density at radius 2 is 1.87 bits per heavy atom. The van der Waals surface area contributed by atoms with Gasteiger partial charge in [0.15, 0.2) is 0 Å². The minimum Gasteiger partial charge on any atom is -0.352 e. The molecule has 0 bridgehead atoms. The van der Waals surface area contributed by atoms with Crippen molar-refractivity contribution in [2.75, 3.05) is 6.54 Å². The summed E-state index contributed by atoms with van der Waals surface area (Å²) in [6.45, 7) is -0.224. The largest absolute Gasteiger partial charge is 0.417 e. The van der Waals surface area contributed by atoms with Gasteiger partial charge in [-0.25, -0.2) is 0 Å². The van der Waals surface area contributed by atoms with Crippen LogP contribution in [0.4, 0.5) is 13.2 Å². The van der Waals surface area contributed by atoms with E-state index in [2.05, 4.69) is 15.6 Å². The third-order valence-corrected chi connectivity index (χ3v) is 3.70. The molecular formula is C15H18F3N3O2. The van der Waals surface area contributed by atoms with Gasteiger partial charge < -0.3 is 10.6 Å². The van der Waals surface area contributed by atoms with E-state index in [-0.39, 0.29) is 24.2 Å². The zero-order valence-electron chi connectivity index (χ0n) is 12.4. The monoisotopic (exact) mass is 329 g/mol. The average Bonchev–Trinajstić information content (AvgIpc) is 2.53. The molecule has 0 atom stereocenters. The summed E-state index contributed by atoms with van der Waals surface area (Å²) in [4.78, 5) is 27.0. The molecule has 1 heterocycles. The van der Waals surface area contributed by atoms with E-state index < -0.39 is 17.6 Å². The van der Waals surface area contributed by atoms with Crippen molar-refractivity contribution in [1.29, 1.82) is 0 Å². The molecule has 0 aromatic carbocycles. The molecule has 0 spiro atoms. The van der Waals surface area contributed by atoms with Crippen LogP contribution in [0.25, 0.3) is 0 Å². The number of nitrogens with one attached hydrogen (secondary N) is 2. The van der Waals surface area contributed by atoms with E-state index in [1.54, 1.807) is 0 Å². The van der Waals surface area contributed by atoms with Gasteiger partial charge in [0.25, 0.3) is 5.91 Å². The molecule has 0 radical (unpaired) electrons. The molecule has 1 saturated carbocycles. The van der Waals surface area contributed by atoms with Gasteiger partial charge in [0.05, 0.1) is 12.1 Å². The molecule has 1 aromatic heterocycles. The molecule has 2 N–H and O–H groups in total. The van der Waals surface area contributed by atoms with E-state index in [9.17, 15) is 22.8 Å². The summed E-state index contributed by atoms with van der Waals surface area (Å²) in [5, 5.41) is 5.18. The molecule has 0 saturated heterocycles. The highest BCUT2D eigenvalue weighted by Crippen LogP contribution is 2.28. The van der Waals surface area contributed by atoms with Gasteiger partial charge in [0.1, 0.15) is 5.69 Å². The summed E-state index contributed by atoms with van der Waals surface area (Å²) < 4.78 is 37.2. The maximum Gasteiger partial charge on any atom is 0.417 e. The minimum absolute atomic E-state index is 0.136. The van der Waals surface area contributed by atoms with Crippen LogP contribution in [0.3, 0.4) is 0 Å². The molecule has 1 aliphatic rings. The number of carbonyl (C=O) groups excluding carboxylic acids is 2. The van der Waals surface area contributed by atoms with Crippen molar-refractivity contribution < 1.29 is 22.8 Å². The first kappa shape index (κ1) is 17.2. The van der Waals surface area contributed by atoms with Gasteiger partial charge in [-0.1, -0.05) is 19.3 Å². The van der Waals surface area contributed by atoms with Crippen molar-refractivity contribution >= 4 is 11.8 Å². The molecule has 0 aliphatic heterocycles. The number of carbonyl (C=O) groups is 2. The van der Waals surface area contributed by atoms with Crippen LogP contribution in [0.15, 0.2) is 18.3 Å². The summed E-state index contributed by atoms with van der Waals surface area (Å²) in [5.41, 5.74) is -1.09. The van der Waals surface area contributed by atoms with Crippen molar-refractivity contribution in [3.8, 4) is 0 Å². The highest BCUT2D eigenvalue weighted by atomic mass is 19.4. The van der Waals surface area contributed by atoms with Crippen molar-refractivity contribution in [1.82, 2.24) is 15.6 Å². The summed E-state index contributed by atoms with van der Waals surface area (Å²) >= 11 is 0. The van der Waals surface area contributed by atoms with Crippen LogP contribution in [0.5, 0.6) is 0 Å². The van der Waals surface area contributed by atoms with Gasteiger partial charge in [0.2, 0.25) is 5.91 Å². The summed E-state index contributed by atoms with van der Waals surface area (Å²) in [7, 11) is 0. The van der Waals surface area contributed by atoms with Gasteiger partial charge >= 0.3 is 6.18 Å². The van der Waals surface area contributed by atoms with E-state index in [0.717, 1.165) is 37.8 Å². The molecule has 2 amide bonds. The van der Waals surface area contributed by atoms with E-state index in [1.165, 1.54) is 6.42 Å². The standard InChI is InChI=1S/C15H18F3N3O2/c16-15(17,18)10-6-7-12(19-8-10)14(23)20-9-13(22)21-11-4-2-1-3-5-11/h6-8,11H,1-5,9H2,(H,20,23)(H,21,22).